The van der Waals surface area contributed by atoms with E-state index in [9.17, 15) is 0 Å². The standard InChI is InChI=1S/C15H26/c1-14(2,3)15(4)9-10-8-13(15)12-7-5-6-11(10)12/h10-13H,5-9H2,1-4H3. The molecule has 0 radical (unpaired) electrons. The molecule has 0 aromatic carbocycles. The molecule has 3 fully saturated rings. The first kappa shape index (κ1) is 10.2. The molecule has 0 nitrogen and oxygen atoms in total. The van der Waals surface area contributed by atoms with E-state index in [1.807, 2.05) is 0 Å². The predicted molar refractivity (Wildman–Crippen MR) is 64.6 cm³/mol. The minimum atomic E-state index is 0.514. The zero-order valence-corrected chi connectivity index (χ0v) is 10.8. The van der Waals surface area contributed by atoms with Crippen LogP contribution in [0.2, 0.25) is 0 Å². The zero-order valence-electron chi connectivity index (χ0n) is 10.8. The highest BCUT2D eigenvalue weighted by atomic mass is 14.7. The highest BCUT2D eigenvalue weighted by Crippen LogP contribution is 2.69. The van der Waals surface area contributed by atoms with Crippen molar-refractivity contribution >= 4 is 0 Å². The Labute approximate surface area is 94.8 Å². The number of hydrogen-bond donors (Lipinski definition) is 0. The van der Waals surface area contributed by atoms with Crippen molar-refractivity contribution in [2.24, 2.45) is 34.5 Å². The Bertz CT molecular complexity index is 272. The van der Waals surface area contributed by atoms with Gasteiger partial charge in [-0.2, -0.15) is 0 Å². The molecule has 0 heteroatoms. The fraction of sp³-hybridized carbons (Fsp3) is 1.00. The van der Waals surface area contributed by atoms with E-state index in [0.29, 0.717) is 10.8 Å². The van der Waals surface area contributed by atoms with Gasteiger partial charge in [0.15, 0.2) is 0 Å². The largest absolute Gasteiger partial charge is 0.0596 e. The quantitative estimate of drug-likeness (QED) is 0.547. The van der Waals surface area contributed by atoms with Crippen LogP contribution in [0.4, 0.5) is 0 Å². The van der Waals surface area contributed by atoms with Gasteiger partial charge < -0.3 is 0 Å². The maximum absolute atomic E-state index is 2.59. The Kier molecular flexibility index (Phi) is 1.91. The highest BCUT2D eigenvalue weighted by Gasteiger charge is 2.61. The van der Waals surface area contributed by atoms with E-state index in [2.05, 4.69) is 27.7 Å². The Morgan fingerprint density at radius 1 is 1.07 bits per heavy atom. The van der Waals surface area contributed by atoms with Crippen LogP contribution in [-0.2, 0) is 0 Å². The minimum Gasteiger partial charge on any atom is -0.0596 e. The fourth-order valence-corrected chi connectivity index (χ4v) is 5.30. The molecule has 0 aliphatic heterocycles. The summed E-state index contributed by atoms with van der Waals surface area (Å²) >= 11 is 0. The predicted octanol–water partition coefficient (Wildman–Crippen LogP) is 4.49. The molecular formula is C15H26. The number of rotatable bonds is 0. The number of hydrogen-bond acceptors (Lipinski definition) is 0. The van der Waals surface area contributed by atoms with Crippen molar-refractivity contribution in [3.05, 3.63) is 0 Å². The molecule has 0 saturated heterocycles. The van der Waals surface area contributed by atoms with Crippen molar-refractivity contribution < 1.29 is 0 Å². The first-order valence-corrected chi connectivity index (χ1v) is 6.93. The fourth-order valence-electron chi connectivity index (χ4n) is 5.30. The highest BCUT2D eigenvalue weighted by molar-refractivity contribution is 5.10. The molecular weight excluding hydrogens is 180 g/mol. The van der Waals surface area contributed by atoms with Gasteiger partial charge in [-0.15, -0.1) is 0 Å². The molecule has 86 valence electrons. The van der Waals surface area contributed by atoms with E-state index in [1.165, 1.54) is 12.8 Å². The van der Waals surface area contributed by atoms with Gasteiger partial charge in [0.2, 0.25) is 0 Å². The first-order valence-electron chi connectivity index (χ1n) is 6.93. The Balaban J connectivity index is 1.92. The van der Waals surface area contributed by atoms with Gasteiger partial charge in [0.25, 0.3) is 0 Å². The Morgan fingerprint density at radius 2 is 1.73 bits per heavy atom. The first-order chi connectivity index (χ1) is 6.93. The summed E-state index contributed by atoms with van der Waals surface area (Å²) in [6, 6.07) is 0. The third kappa shape index (κ3) is 1.14. The summed E-state index contributed by atoms with van der Waals surface area (Å²) in [4.78, 5) is 0. The molecule has 5 unspecified atom stereocenters. The summed E-state index contributed by atoms with van der Waals surface area (Å²) in [5.41, 5.74) is 1.16. The summed E-state index contributed by atoms with van der Waals surface area (Å²) in [7, 11) is 0. The van der Waals surface area contributed by atoms with Crippen molar-refractivity contribution in [3.8, 4) is 0 Å². The third-order valence-electron chi connectivity index (χ3n) is 6.52. The van der Waals surface area contributed by atoms with Crippen LogP contribution in [0.1, 0.15) is 59.8 Å². The van der Waals surface area contributed by atoms with Crippen LogP contribution in [0.3, 0.4) is 0 Å². The molecule has 15 heavy (non-hydrogen) atoms. The molecule has 3 aliphatic carbocycles. The minimum absolute atomic E-state index is 0.514. The van der Waals surface area contributed by atoms with Crippen LogP contribution < -0.4 is 0 Å². The van der Waals surface area contributed by atoms with Crippen molar-refractivity contribution in [2.45, 2.75) is 59.8 Å². The average molecular weight is 206 g/mol. The molecule has 3 rings (SSSR count). The third-order valence-corrected chi connectivity index (χ3v) is 6.52. The molecule has 0 heterocycles. The molecule has 3 saturated carbocycles. The molecule has 3 aliphatic rings. The summed E-state index contributed by atoms with van der Waals surface area (Å²) in [5.74, 6) is 4.43. The second-order valence-electron chi connectivity index (χ2n) is 7.73. The SMILES string of the molecule is CC(C)(C)C1(C)CC2CC1C1CCCC21. The average Bonchev–Trinajstić information content (AvgIpc) is 2.68. The lowest BCUT2D eigenvalue weighted by Gasteiger charge is -2.49. The van der Waals surface area contributed by atoms with Gasteiger partial charge in [-0.25, -0.2) is 0 Å². The second-order valence-corrected chi connectivity index (χ2v) is 7.73. The summed E-state index contributed by atoms with van der Waals surface area (Å²) in [6.45, 7) is 10.00. The van der Waals surface area contributed by atoms with E-state index in [0.717, 1.165) is 23.7 Å². The van der Waals surface area contributed by atoms with E-state index >= 15 is 0 Å². The second kappa shape index (κ2) is 2.81. The maximum Gasteiger partial charge on any atom is -0.0243 e. The van der Waals surface area contributed by atoms with Gasteiger partial charge in [-0.3, -0.25) is 0 Å². The van der Waals surface area contributed by atoms with Gasteiger partial charge in [0.1, 0.15) is 0 Å². The van der Waals surface area contributed by atoms with Crippen LogP contribution in [0, 0.1) is 34.5 Å². The summed E-state index contributed by atoms with van der Waals surface area (Å²) in [5, 5.41) is 0. The lowest BCUT2D eigenvalue weighted by atomic mass is 9.56. The van der Waals surface area contributed by atoms with Crippen molar-refractivity contribution in [3.63, 3.8) is 0 Å². The van der Waals surface area contributed by atoms with Gasteiger partial charge in [-0.1, -0.05) is 34.1 Å². The van der Waals surface area contributed by atoms with E-state index in [1.54, 1.807) is 19.3 Å². The van der Waals surface area contributed by atoms with Gasteiger partial charge >= 0.3 is 0 Å². The van der Waals surface area contributed by atoms with E-state index in [4.69, 9.17) is 0 Å². The van der Waals surface area contributed by atoms with Gasteiger partial charge in [-0.05, 0) is 60.2 Å². The van der Waals surface area contributed by atoms with Crippen LogP contribution in [0.5, 0.6) is 0 Å². The molecule has 0 amide bonds. The zero-order chi connectivity index (χ0) is 10.8. The van der Waals surface area contributed by atoms with E-state index in [-0.39, 0.29) is 0 Å². The van der Waals surface area contributed by atoms with Crippen LogP contribution in [0.25, 0.3) is 0 Å². The maximum atomic E-state index is 2.59. The molecule has 2 bridgehead atoms. The normalized spacial score (nSPS) is 53.6. The van der Waals surface area contributed by atoms with Crippen LogP contribution >= 0.6 is 0 Å². The molecule has 0 spiro atoms. The van der Waals surface area contributed by atoms with Crippen molar-refractivity contribution in [1.29, 1.82) is 0 Å². The summed E-state index contributed by atoms with van der Waals surface area (Å²) in [6.07, 6.45) is 7.75. The van der Waals surface area contributed by atoms with Gasteiger partial charge in [0, 0.05) is 0 Å². The molecule has 0 aromatic rings. The number of fused-ring (bicyclic) bond motifs is 5. The molecule has 0 aromatic heterocycles. The van der Waals surface area contributed by atoms with Crippen molar-refractivity contribution in [2.75, 3.05) is 0 Å². The Hall–Kier alpha value is 0. The lowest BCUT2D eigenvalue weighted by Crippen LogP contribution is -2.42. The molecule has 0 N–H and O–H groups in total. The summed E-state index contributed by atoms with van der Waals surface area (Å²) < 4.78 is 0. The lowest BCUT2D eigenvalue weighted by molar-refractivity contribution is -0.00361. The van der Waals surface area contributed by atoms with E-state index < -0.39 is 0 Å². The van der Waals surface area contributed by atoms with Gasteiger partial charge in [0.05, 0.1) is 0 Å². The smallest absolute Gasteiger partial charge is 0.0243 e. The Morgan fingerprint density at radius 3 is 2.40 bits per heavy atom. The monoisotopic (exact) mass is 206 g/mol. The van der Waals surface area contributed by atoms with Crippen LogP contribution in [-0.4, -0.2) is 0 Å². The van der Waals surface area contributed by atoms with Crippen LogP contribution in [0.15, 0.2) is 0 Å². The van der Waals surface area contributed by atoms with Crippen molar-refractivity contribution in [1.82, 2.24) is 0 Å². The molecule has 5 atom stereocenters. The topological polar surface area (TPSA) is 0 Å².